The zero-order valence-corrected chi connectivity index (χ0v) is 15.5. The van der Waals surface area contributed by atoms with Crippen molar-refractivity contribution in [1.82, 2.24) is 4.98 Å². The van der Waals surface area contributed by atoms with Crippen LogP contribution in [-0.4, -0.2) is 10.9 Å². The van der Waals surface area contributed by atoms with Gasteiger partial charge in [0.25, 0.3) is 5.91 Å². The van der Waals surface area contributed by atoms with Gasteiger partial charge in [-0.05, 0) is 61.9 Å². The molecule has 0 saturated carbocycles. The minimum absolute atomic E-state index is 0.00281. The molecule has 1 aromatic carbocycles. The van der Waals surface area contributed by atoms with Gasteiger partial charge in [-0.25, -0.2) is 4.98 Å². The number of thiazole rings is 1. The monoisotopic (exact) mass is 356 g/mol. The highest BCUT2D eigenvalue weighted by Gasteiger charge is 2.22. The highest BCUT2D eigenvalue weighted by atomic mass is 32.1. The van der Waals surface area contributed by atoms with Crippen molar-refractivity contribution in [3.8, 4) is 0 Å². The Morgan fingerprint density at radius 2 is 2.21 bits per heavy atom. The Hall–Kier alpha value is -1.72. The van der Waals surface area contributed by atoms with Crippen LogP contribution in [0.1, 0.15) is 44.9 Å². The number of carbonyl (C=O) groups excluding carboxylic acids is 1. The number of nitrogens with zero attached hydrogens (tertiary/aromatic N) is 1. The van der Waals surface area contributed by atoms with E-state index in [2.05, 4.69) is 23.3 Å². The van der Waals surface area contributed by atoms with Gasteiger partial charge in [0.1, 0.15) is 0 Å². The van der Waals surface area contributed by atoms with Crippen LogP contribution in [0, 0.1) is 12.8 Å². The van der Waals surface area contributed by atoms with Gasteiger partial charge in [0.15, 0.2) is 0 Å². The number of anilines is 1. The summed E-state index contributed by atoms with van der Waals surface area (Å²) in [6.45, 7) is 4.26. The zero-order valence-electron chi connectivity index (χ0n) is 13.9. The SMILES string of the molecule is CC[C@@H]1CCc2sc(C(=O)Nc3ccc4nc(C)sc4c3)cc2C1. The predicted octanol–water partition coefficient (Wildman–Crippen LogP) is 5.43. The summed E-state index contributed by atoms with van der Waals surface area (Å²) in [7, 11) is 0. The molecule has 0 spiro atoms. The van der Waals surface area contributed by atoms with Crippen molar-refractivity contribution in [3.63, 3.8) is 0 Å². The Morgan fingerprint density at radius 1 is 1.33 bits per heavy atom. The summed E-state index contributed by atoms with van der Waals surface area (Å²) in [5.74, 6) is 0.781. The van der Waals surface area contributed by atoms with Crippen molar-refractivity contribution >= 4 is 44.5 Å². The lowest BCUT2D eigenvalue weighted by Crippen LogP contribution is -2.11. The van der Waals surface area contributed by atoms with E-state index in [0.717, 1.165) is 44.5 Å². The standard InChI is InChI=1S/C19H20N2OS2/c1-3-12-4-7-16-13(8-12)9-18(24-16)19(22)21-14-5-6-15-17(10-14)23-11(2)20-15/h5-6,9-10,12H,3-4,7-8H2,1-2H3,(H,21,22)/t12-/m1/s1. The van der Waals surface area contributed by atoms with E-state index < -0.39 is 0 Å². The van der Waals surface area contributed by atoms with Crippen molar-refractivity contribution in [2.24, 2.45) is 5.92 Å². The fourth-order valence-corrected chi connectivity index (χ4v) is 5.34. The molecule has 0 bridgehead atoms. The van der Waals surface area contributed by atoms with Gasteiger partial charge in [0, 0.05) is 10.6 Å². The minimum atomic E-state index is 0.00281. The van der Waals surface area contributed by atoms with E-state index in [4.69, 9.17) is 0 Å². The van der Waals surface area contributed by atoms with Crippen LogP contribution in [0.4, 0.5) is 5.69 Å². The minimum Gasteiger partial charge on any atom is -0.321 e. The number of benzene rings is 1. The first-order valence-corrected chi connectivity index (χ1v) is 10.1. The number of aryl methyl sites for hydroxylation is 2. The highest BCUT2D eigenvalue weighted by Crippen LogP contribution is 2.34. The maximum Gasteiger partial charge on any atom is 0.265 e. The van der Waals surface area contributed by atoms with Crippen LogP contribution in [0.15, 0.2) is 24.3 Å². The average Bonchev–Trinajstić information content (AvgIpc) is 3.15. The van der Waals surface area contributed by atoms with Gasteiger partial charge >= 0.3 is 0 Å². The van der Waals surface area contributed by atoms with E-state index in [1.54, 1.807) is 22.7 Å². The summed E-state index contributed by atoms with van der Waals surface area (Å²) in [6, 6.07) is 8.02. The van der Waals surface area contributed by atoms with E-state index in [1.165, 1.54) is 23.3 Å². The first kappa shape index (κ1) is 15.8. The molecule has 0 fully saturated rings. The highest BCUT2D eigenvalue weighted by molar-refractivity contribution is 7.18. The van der Waals surface area contributed by atoms with Crippen LogP contribution in [0.5, 0.6) is 0 Å². The third-order valence-corrected chi connectivity index (χ3v) is 6.91. The molecule has 5 heteroatoms. The van der Waals surface area contributed by atoms with Crippen molar-refractivity contribution in [2.45, 2.75) is 39.5 Å². The number of fused-ring (bicyclic) bond motifs is 2. The lowest BCUT2D eigenvalue weighted by atomic mass is 9.87. The Morgan fingerprint density at radius 3 is 3.04 bits per heavy atom. The summed E-state index contributed by atoms with van der Waals surface area (Å²) in [6.07, 6.45) is 4.73. The number of thiophene rings is 1. The molecule has 1 aliphatic carbocycles. The number of nitrogens with one attached hydrogen (secondary N) is 1. The predicted molar refractivity (Wildman–Crippen MR) is 102 cm³/mol. The van der Waals surface area contributed by atoms with E-state index in [9.17, 15) is 4.79 Å². The van der Waals surface area contributed by atoms with Crippen LogP contribution in [0.2, 0.25) is 0 Å². The maximum atomic E-state index is 12.6. The van der Waals surface area contributed by atoms with Gasteiger partial charge in [-0.15, -0.1) is 22.7 Å². The summed E-state index contributed by atoms with van der Waals surface area (Å²) >= 11 is 3.32. The van der Waals surface area contributed by atoms with Crippen molar-refractivity contribution in [2.75, 3.05) is 5.32 Å². The van der Waals surface area contributed by atoms with Crippen molar-refractivity contribution in [3.05, 3.63) is 44.6 Å². The quantitative estimate of drug-likeness (QED) is 0.679. The van der Waals surface area contributed by atoms with Crippen LogP contribution in [0.3, 0.4) is 0 Å². The summed E-state index contributed by atoms with van der Waals surface area (Å²) in [4.78, 5) is 19.3. The molecule has 0 saturated heterocycles. The molecular weight excluding hydrogens is 336 g/mol. The van der Waals surface area contributed by atoms with Crippen LogP contribution in [0.25, 0.3) is 10.2 Å². The largest absolute Gasteiger partial charge is 0.321 e. The number of aromatic nitrogens is 1. The molecule has 1 N–H and O–H groups in total. The van der Waals surface area contributed by atoms with Crippen LogP contribution < -0.4 is 5.32 Å². The van der Waals surface area contributed by atoms with E-state index in [0.29, 0.717) is 0 Å². The molecule has 2 aromatic heterocycles. The summed E-state index contributed by atoms with van der Waals surface area (Å²) in [5, 5.41) is 4.09. The lowest BCUT2D eigenvalue weighted by molar-refractivity contribution is 0.103. The van der Waals surface area contributed by atoms with E-state index in [1.807, 2.05) is 25.1 Å². The van der Waals surface area contributed by atoms with Gasteiger partial charge in [0.2, 0.25) is 0 Å². The van der Waals surface area contributed by atoms with Crippen LogP contribution >= 0.6 is 22.7 Å². The Kier molecular flexibility index (Phi) is 4.14. The first-order valence-electron chi connectivity index (χ1n) is 8.42. The Balaban J connectivity index is 1.54. The number of amides is 1. The molecule has 24 heavy (non-hydrogen) atoms. The fourth-order valence-electron chi connectivity index (χ4n) is 3.37. The van der Waals surface area contributed by atoms with Gasteiger partial charge in [0.05, 0.1) is 20.1 Å². The number of carbonyl (C=O) groups is 1. The Labute approximate surface area is 149 Å². The molecule has 0 aliphatic heterocycles. The third-order valence-electron chi connectivity index (χ3n) is 4.74. The number of hydrogen-bond acceptors (Lipinski definition) is 4. The van der Waals surface area contributed by atoms with Crippen molar-refractivity contribution < 1.29 is 4.79 Å². The molecule has 1 amide bonds. The smallest absolute Gasteiger partial charge is 0.265 e. The number of hydrogen-bond donors (Lipinski definition) is 1. The van der Waals surface area contributed by atoms with Gasteiger partial charge in [-0.2, -0.15) is 0 Å². The second kappa shape index (κ2) is 6.30. The second-order valence-corrected chi connectivity index (χ2v) is 8.82. The normalized spacial score (nSPS) is 17.0. The van der Waals surface area contributed by atoms with Crippen molar-refractivity contribution in [1.29, 1.82) is 0 Å². The van der Waals surface area contributed by atoms with Gasteiger partial charge in [-0.3, -0.25) is 4.79 Å². The summed E-state index contributed by atoms with van der Waals surface area (Å²) in [5.41, 5.74) is 3.22. The van der Waals surface area contributed by atoms with E-state index >= 15 is 0 Å². The molecule has 124 valence electrons. The molecule has 1 atom stereocenters. The zero-order chi connectivity index (χ0) is 16.7. The molecule has 0 unspecified atom stereocenters. The number of rotatable bonds is 3. The van der Waals surface area contributed by atoms with Gasteiger partial charge in [-0.1, -0.05) is 13.3 Å². The molecule has 3 nitrogen and oxygen atoms in total. The second-order valence-electron chi connectivity index (χ2n) is 6.45. The molecule has 0 radical (unpaired) electrons. The molecule has 1 aliphatic rings. The first-order chi connectivity index (χ1) is 11.6. The summed E-state index contributed by atoms with van der Waals surface area (Å²) < 4.78 is 1.11. The molecule has 4 rings (SSSR count). The van der Waals surface area contributed by atoms with Gasteiger partial charge < -0.3 is 5.32 Å². The van der Waals surface area contributed by atoms with Crippen LogP contribution in [-0.2, 0) is 12.8 Å². The fraction of sp³-hybridized carbons (Fsp3) is 0.368. The topological polar surface area (TPSA) is 42.0 Å². The molecule has 2 heterocycles. The lowest BCUT2D eigenvalue weighted by Gasteiger charge is -2.19. The average molecular weight is 357 g/mol. The maximum absolute atomic E-state index is 12.6. The Bertz CT molecular complexity index is 909. The molecular formula is C19H20N2OS2. The molecule has 3 aromatic rings. The van der Waals surface area contributed by atoms with E-state index in [-0.39, 0.29) is 5.91 Å². The third kappa shape index (κ3) is 2.98.